The van der Waals surface area contributed by atoms with Crippen LogP contribution in [-0.2, 0) is 0 Å². The Bertz CT molecular complexity index is 524. The van der Waals surface area contributed by atoms with Crippen molar-refractivity contribution in [2.24, 2.45) is 0 Å². The molecule has 0 N–H and O–H groups in total. The Morgan fingerprint density at radius 1 is 1.58 bits per heavy atom. The molecule has 1 atom stereocenters. The molecule has 0 bridgehead atoms. The van der Waals surface area contributed by atoms with Crippen LogP contribution < -0.4 is 0 Å². The van der Waals surface area contributed by atoms with Gasteiger partial charge in [-0.1, -0.05) is 0 Å². The number of carbonyl (C=O) groups excluding carboxylic acids is 1. The highest BCUT2D eigenvalue weighted by Gasteiger charge is 2.29. The Kier molecular flexibility index (Phi) is 4.04. The molecule has 2 rings (SSSR count). The second kappa shape index (κ2) is 5.56. The van der Waals surface area contributed by atoms with Gasteiger partial charge in [0, 0.05) is 30.2 Å². The molecule has 1 fully saturated rings. The highest BCUT2D eigenvalue weighted by molar-refractivity contribution is 7.99. The molecule has 5 nitrogen and oxygen atoms in total. The lowest BCUT2D eigenvalue weighted by atomic mass is 10.1. The molecule has 0 radical (unpaired) electrons. The van der Waals surface area contributed by atoms with Crippen LogP contribution in [0.5, 0.6) is 0 Å². The summed E-state index contributed by atoms with van der Waals surface area (Å²) in [6, 6.07) is 2.96. The van der Waals surface area contributed by atoms with E-state index in [1.165, 1.54) is 0 Å². The van der Waals surface area contributed by atoms with Crippen molar-refractivity contribution < 1.29 is 14.1 Å². The Balaban J connectivity index is 2.37. The second-order valence-electron chi connectivity index (χ2n) is 4.34. The van der Waals surface area contributed by atoms with Crippen LogP contribution in [0.2, 0.25) is 0 Å². The van der Waals surface area contributed by atoms with Crippen molar-refractivity contribution in [2.75, 3.05) is 18.1 Å². The molecule has 1 heterocycles. The molecule has 0 saturated carbocycles. The quantitative estimate of drug-likeness (QED) is 0.617. The zero-order valence-electron chi connectivity index (χ0n) is 10.3. The van der Waals surface area contributed by atoms with Crippen molar-refractivity contribution in [2.45, 2.75) is 13.0 Å². The van der Waals surface area contributed by atoms with Gasteiger partial charge in [0.05, 0.1) is 4.92 Å². The Morgan fingerprint density at radius 3 is 2.95 bits per heavy atom. The van der Waals surface area contributed by atoms with E-state index in [0.29, 0.717) is 6.54 Å². The fourth-order valence-corrected chi connectivity index (χ4v) is 3.04. The van der Waals surface area contributed by atoms with E-state index in [4.69, 9.17) is 0 Å². The number of nitro groups is 1. The number of carbonyl (C=O) groups is 1. The van der Waals surface area contributed by atoms with E-state index in [9.17, 15) is 19.3 Å². The zero-order chi connectivity index (χ0) is 14.0. The van der Waals surface area contributed by atoms with Gasteiger partial charge in [-0.3, -0.25) is 14.9 Å². The summed E-state index contributed by atoms with van der Waals surface area (Å²) in [5, 5.41) is 10.9. The van der Waals surface area contributed by atoms with Gasteiger partial charge in [-0.15, -0.1) is 0 Å². The number of amides is 1. The summed E-state index contributed by atoms with van der Waals surface area (Å²) in [4.78, 5) is 24.2. The summed E-state index contributed by atoms with van der Waals surface area (Å²) < 4.78 is 13.2. The average molecular weight is 284 g/mol. The van der Waals surface area contributed by atoms with Crippen molar-refractivity contribution in [1.82, 2.24) is 4.90 Å². The third-order valence-electron chi connectivity index (χ3n) is 3.01. The van der Waals surface area contributed by atoms with Gasteiger partial charge in [0.1, 0.15) is 11.4 Å². The van der Waals surface area contributed by atoms with Crippen molar-refractivity contribution in [3.8, 4) is 0 Å². The van der Waals surface area contributed by atoms with Crippen LogP contribution in [0.1, 0.15) is 17.3 Å². The standard InChI is InChI=1S/C12H13FN2O3S/c1-8-7-19-5-4-14(8)12(16)10-6-9(13)2-3-11(10)15(17)18/h2-3,6,8H,4-5,7H2,1H3. The number of nitrogens with zero attached hydrogens (tertiary/aromatic N) is 2. The van der Waals surface area contributed by atoms with E-state index in [2.05, 4.69) is 0 Å². The van der Waals surface area contributed by atoms with E-state index in [1.807, 2.05) is 6.92 Å². The monoisotopic (exact) mass is 284 g/mol. The minimum Gasteiger partial charge on any atom is -0.334 e. The second-order valence-corrected chi connectivity index (χ2v) is 5.49. The first-order valence-electron chi connectivity index (χ1n) is 5.83. The molecule has 0 spiro atoms. The fourth-order valence-electron chi connectivity index (χ4n) is 2.02. The lowest BCUT2D eigenvalue weighted by Gasteiger charge is -2.32. The number of nitro benzene ring substituents is 1. The van der Waals surface area contributed by atoms with Crippen molar-refractivity contribution in [3.05, 3.63) is 39.7 Å². The largest absolute Gasteiger partial charge is 0.334 e. The van der Waals surface area contributed by atoms with Gasteiger partial charge < -0.3 is 4.90 Å². The number of halogens is 1. The Labute approximate surface area is 113 Å². The number of hydrogen-bond acceptors (Lipinski definition) is 4. The molecular weight excluding hydrogens is 271 g/mol. The van der Waals surface area contributed by atoms with Crippen LogP contribution in [-0.4, -0.2) is 39.8 Å². The summed E-state index contributed by atoms with van der Waals surface area (Å²) >= 11 is 1.73. The Morgan fingerprint density at radius 2 is 2.32 bits per heavy atom. The van der Waals surface area contributed by atoms with Crippen LogP contribution in [0.3, 0.4) is 0 Å². The highest BCUT2D eigenvalue weighted by atomic mass is 32.2. The van der Waals surface area contributed by atoms with Crippen LogP contribution in [0, 0.1) is 15.9 Å². The minimum absolute atomic E-state index is 0.00544. The smallest absolute Gasteiger partial charge is 0.282 e. The van der Waals surface area contributed by atoms with E-state index in [0.717, 1.165) is 29.7 Å². The van der Waals surface area contributed by atoms with E-state index in [1.54, 1.807) is 16.7 Å². The topological polar surface area (TPSA) is 63.5 Å². The maximum atomic E-state index is 13.2. The first kappa shape index (κ1) is 13.8. The molecule has 1 aliphatic heterocycles. The van der Waals surface area contributed by atoms with Crippen LogP contribution in [0.25, 0.3) is 0 Å². The average Bonchev–Trinajstić information content (AvgIpc) is 2.38. The molecule has 1 aromatic rings. The molecule has 7 heteroatoms. The van der Waals surface area contributed by atoms with E-state index >= 15 is 0 Å². The summed E-state index contributed by atoms with van der Waals surface area (Å²) in [5.41, 5.74) is -0.527. The molecule has 1 saturated heterocycles. The first-order valence-corrected chi connectivity index (χ1v) is 6.99. The van der Waals surface area contributed by atoms with Crippen LogP contribution >= 0.6 is 11.8 Å². The Hall–Kier alpha value is -1.63. The first-order chi connectivity index (χ1) is 9.00. The molecule has 19 heavy (non-hydrogen) atoms. The maximum absolute atomic E-state index is 13.2. The minimum atomic E-state index is -0.657. The van der Waals surface area contributed by atoms with E-state index in [-0.39, 0.29) is 17.3 Å². The maximum Gasteiger partial charge on any atom is 0.282 e. The molecule has 1 aromatic carbocycles. The third kappa shape index (κ3) is 2.86. The van der Waals surface area contributed by atoms with Gasteiger partial charge >= 0.3 is 0 Å². The predicted molar refractivity (Wildman–Crippen MR) is 70.9 cm³/mol. The van der Waals surface area contributed by atoms with E-state index < -0.39 is 16.6 Å². The molecule has 0 aromatic heterocycles. The number of hydrogen-bond donors (Lipinski definition) is 0. The van der Waals surface area contributed by atoms with Crippen molar-refractivity contribution in [1.29, 1.82) is 0 Å². The summed E-state index contributed by atoms with van der Waals surface area (Å²) in [5.74, 6) is 0.459. The number of benzene rings is 1. The number of rotatable bonds is 2. The third-order valence-corrected chi connectivity index (χ3v) is 4.20. The predicted octanol–water partition coefficient (Wildman–Crippen LogP) is 2.31. The number of thioether (sulfide) groups is 1. The van der Waals surface area contributed by atoms with Gasteiger partial charge in [-0.2, -0.15) is 11.8 Å². The van der Waals surface area contributed by atoms with Gasteiger partial charge in [-0.05, 0) is 19.1 Å². The zero-order valence-corrected chi connectivity index (χ0v) is 11.2. The summed E-state index contributed by atoms with van der Waals surface area (Å²) in [7, 11) is 0. The van der Waals surface area contributed by atoms with Crippen molar-refractivity contribution >= 4 is 23.4 Å². The summed E-state index contributed by atoms with van der Waals surface area (Å²) in [6.45, 7) is 2.41. The summed E-state index contributed by atoms with van der Waals surface area (Å²) in [6.07, 6.45) is 0. The van der Waals surface area contributed by atoms with Crippen molar-refractivity contribution in [3.63, 3.8) is 0 Å². The molecular formula is C12H13FN2O3S. The molecule has 1 amide bonds. The fraction of sp³-hybridized carbons (Fsp3) is 0.417. The van der Waals surface area contributed by atoms with Gasteiger partial charge in [0.2, 0.25) is 0 Å². The van der Waals surface area contributed by atoms with Gasteiger partial charge in [-0.25, -0.2) is 4.39 Å². The van der Waals surface area contributed by atoms with Crippen LogP contribution in [0.4, 0.5) is 10.1 Å². The van der Waals surface area contributed by atoms with Gasteiger partial charge in [0.15, 0.2) is 0 Å². The van der Waals surface area contributed by atoms with Crippen LogP contribution in [0.15, 0.2) is 18.2 Å². The molecule has 1 aliphatic rings. The SMILES string of the molecule is CC1CSCCN1C(=O)c1cc(F)ccc1[N+](=O)[O-]. The molecule has 0 aliphatic carbocycles. The normalized spacial score (nSPS) is 19.3. The lowest BCUT2D eigenvalue weighted by Crippen LogP contribution is -2.44. The molecule has 102 valence electrons. The van der Waals surface area contributed by atoms with Gasteiger partial charge in [0.25, 0.3) is 11.6 Å². The highest BCUT2D eigenvalue weighted by Crippen LogP contribution is 2.24. The molecule has 1 unspecified atom stereocenters. The lowest BCUT2D eigenvalue weighted by molar-refractivity contribution is -0.385.